The van der Waals surface area contributed by atoms with Crippen molar-refractivity contribution in [3.05, 3.63) is 53.7 Å². The van der Waals surface area contributed by atoms with Crippen LogP contribution < -0.4 is 10.2 Å². The summed E-state index contributed by atoms with van der Waals surface area (Å²) in [6.45, 7) is 4.31. The maximum absolute atomic E-state index is 4.41. The molecule has 0 aliphatic carbocycles. The fourth-order valence-electron chi connectivity index (χ4n) is 2.14. The minimum Gasteiger partial charge on any atom is -0.377 e. The average molecular weight is 255 g/mol. The molecule has 0 fully saturated rings. The Morgan fingerprint density at radius 2 is 1.84 bits per heavy atom. The van der Waals surface area contributed by atoms with Crippen LogP contribution in [0.15, 0.2) is 42.6 Å². The van der Waals surface area contributed by atoms with Gasteiger partial charge in [-0.25, -0.2) is 4.98 Å². The number of hydrogen-bond donors (Lipinski definition) is 1. The van der Waals surface area contributed by atoms with E-state index in [1.54, 1.807) is 0 Å². The standard InChI is InChI=1S/C16H21N3/c1-12-7-5-6-8-15(12)13(2)18-14-9-10-16(17-11-14)19(3)4/h5-11,13,18H,1-4H3. The monoisotopic (exact) mass is 255 g/mol. The van der Waals surface area contributed by atoms with Crippen molar-refractivity contribution in [3.63, 3.8) is 0 Å². The number of rotatable bonds is 4. The van der Waals surface area contributed by atoms with E-state index in [1.165, 1.54) is 11.1 Å². The molecular weight excluding hydrogens is 234 g/mol. The summed E-state index contributed by atoms with van der Waals surface area (Å²) in [5.74, 6) is 0.967. The maximum atomic E-state index is 4.41. The van der Waals surface area contributed by atoms with Crippen molar-refractivity contribution >= 4 is 11.5 Å². The molecule has 0 amide bonds. The van der Waals surface area contributed by atoms with E-state index in [9.17, 15) is 0 Å². The Hall–Kier alpha value is -2.03. The molecule has 0 saturated heterocycles. The Labute approximate surface area is 115 Å². The molecule has 1 unspecified atom stereocenters. The predicted molar refractivity (Wildman–Crippen MR) is 81.8 cm³/mol. The number of aromatic nitrogens is 1. The summed E-state index contributed by atoms with van der Waals surface area (Å²) in [5, 5.41) is 3.48. The first kappa shape index (κ1) is 13.4. The summed E-state index contributed by atoms with van der Waals surface area (Å²) >= 11 is 0. The molecular formula is C16H21N3. The molecule has 0 radical (unpaired) electrons. The molecule has 0 spiro atoms. The molecule has 3 heteroatoms. The number of anilines is 2. The summed E-state index contributed by atoms with van der Waals surface area (Å²) in [4.78, 5) is 6.41. The number of aryl methyl sites for hydroxylation is 1. The first-order valence-electron chi connectivity index (χ1n) is 6.53. The van der Waals surface area contributed by atoms with E-state index in [4.69, 9.17) is 0 Å². The van der Waals surface area contributed by atoms with Crippen LogP contribution in [0.2, 0.25) is 0 Å². The molecule has 2 aromatic rings. The van der Waals surface area contributed by atoms with Crippen molar-refractivity contribution < 1.29 is 0 Å². The van der Waals surface area contributed by atoms with Crippen LogP contribution in [0.4, 0.5) is 11.5 Å². The summed E-state index contributed by atoms with van der Waals surface area (Å²) in [5.41, 5.74) is 3.67. The Balaban J connectivity index is 2.11. The van der Waals surface area contributed by atoms with E-state index in [0.29, 0.717) is 0 Å². The number of pyridine rings is 1. The van der Waals surface area contributed by atoms with E-state index < -0.39 is 0 Å². The minimum atomic E-state index is 0.271. The van der Waals surface area contributed by atoms with Crippen LogP contribution in [0, 0.1) is 6.92 Å². The van der Waals surface area contributed by atoms with Gasteiger partial charge in [0.2, 0.25) is 0 Å². The van der Waals surface area contributed by atoms with Gasteiger partial charge in [-0.1, -0.05) is 24.3 Å². The molecule has 0 aliphatic heterocycles. The van der Waals surface area contributed by atoms with Crippen LogP contribution in [-0.4, -0.2) is 19.1 Å². The van der Waals surface area contributed by atoms with Gasteiger partial charge in [0.25, 0.3) is 0 Å². The summed E-state index contributed by atoms with van der Waals surface area (Å²) in [7, 11) is 3.98. The van der Waals surface area contributed by atoms with E-state index in [-0.39, 0.29) is 6.04 Å². The predicted octanol–water partition coefficient (Wildman–Crippen LogP) is 3.63. The van der Waals surface area contributed by atoms with Crippen LogP contribution in [0.3, 0.4) is 0 Å². The molecule has 1 atom stereocenters. The molecule has 1 N–H and O–H groups in total. The number of nitrogens with one attached hydrogen (secondary N) is 1. The topological polar surface area (TPSA) is 28.2 Å². The first-order valence-corrected chi connectivity index (χ1v) is 6.53. The highest BCUT2D eigenvalue weighted by atomic mass is 15.1. The molecule has 0 aliphatic rings. The molecule has 0 bridgehead atoms. The fraction of sp³-hybridized carbons (Fsp3) is 0.312. The highest BCUT2D eigenvalue weighted by Gasteiger charge is 2.07. The minimum absolute atomic E-state index is 0.271. The lowest BCUT2D eigenvalue weighted by Gasteiger charge is -2.18. The second kappa shape index (κ2) is 5.74. The molecule has 0 saturated carbocycles. The van der Waals surface area contributed by atoms with Crippen LogP contribution in [0.5, 0.6) is 0 Å². The number of nitrogens with zero attached hydrogens (tertiary/aromatic N) is 2. The summed E-state index contributed by atoms with van der Waals surface area (Å²) < 4.78 is 0. The second-order valence-electron chi connectivity index (χ2n) is 5.02. The van der Waals surface area contributed by atoms with Gasteiger partial charge in [0.15, 0.2) is 0 Å². The van der Waals surface area contributed by atoms with Gasteiger partial charge >= 0.3 is 0 Å². The maximum Gasteiger partial charge on any atom is 0.128 e. The van der Waals surface area contributed by atoms with Gasteiger partial charge in [-0.2, -0.15) is 0 Å². The van der Waals surface area contributed by atoms with E-state index in [2.05, 4.69) is 54.5 Å². The summed E-state index contributed by atoms with van der Waals surface area (Å²) in [6.07, 6.45) is 1.88. The number of benzene rings is 1. The second-order valence-corrected chi connectivity index (χ2v) is 5.02. The Kier molecular flexibility index (Phi) is 4.05. The Morgan fingerprint density at radius 3 is 2.42 bits per heavy atom. The van der Waals surface area contributed by atoms with Crippen molar-refractivity contribution in [2.24, 2.45) is 0 Å². The lowest BCUT2D eigenvalue weighted by molar-refractivity contribution is 0.872. The zero-order chi connectivity index (χ0) is 13.8. The quantitative estimate of drug-likeness (QED) is 0.904. The van der Waals surface area contributed by atoms with Gasteiger partial charge < -0.3 is 10.2 Å². The third-order valence-corrected chi connectivity index (χ3v) is 3.24. The van der Waals surface area contributed by atoms with Crippen LogP contribution in [0.25, 0.3) is 0 Å². The van der Waals surface area contributed by atoms with Crippen LogP contribution in [0.1, 0.15) is 24.1 Å². The number of hydrogen-bond acceptors (Lipinski definition) is 3. The van der Waals surface area contributed by atoms with Gasteiger partial charge in [0.05, 0.1) is 11.9 Å². The molecule has 1 aromatic heterocycles. The Bertz CT molecular complexity index is 532. The normalized spacial score (nSPS) is 12.0. The molecule has 3 nitrogen and oxygen atoms in total. The van der Waals surface area contributed by atoms with E-state index in [0.717, 1.165) is 11.5 Å². The third kappa shape index (κ3) is 3.25. The van der Waals surface area contributed by atoms with Gasteiger partial charge in [-0.05, 0) is 37.1 Å². The summed E-state index contributed by atoms with van der Waals surface area (Å²) in [6, 6.07) is 12.8. The van der Waals surface area contributed by atoms with Crippen LogP contribution in [-0.2, 0) is 0 Å². The van der Waals surface area contributed by atoms with E-state index in [1.807, 2.05) is 31.3 Å². The molecule has 19 heavy (non-hydrogen) atoms. The SMILES string of the molecule is Cc1ccccc1C(C)Nc1ccc(N(C)C)nc1. The average Bonchev–Trinajstić information content (AvgIpc) is 2.39. The molecule has 1 aromatic carbocycles. The van der Waals surface area contributed by atoms with Gasteiger partial charge in [0, 0.05) is 20.1 Å². The third-order valence-electron chi connectivity index (χ3n) is 3.24. The fourth-order valence-corrected chi connectivity index (χ4v) is 2.14. The first-order chi connectivity index (χ1) is 9.08. The highest BCUT2D eigenvalue weighted by Crippen LogP contribution is 2.22. The largest absolute Gasteiger partial charge is 0.377 e. The van der Waals surface area contributed by atoms with Crippen LogP contribution >= 0.6 is 0 Å². The van der Waals surface area contributed by atoms with Crippen molar-refractivity contribution in [1.82, 2.24) is 4.98 Å². The van der Waals surface area contributed by atoms with Crippen molar-refractivity contribution in [2.75, 3.05) is 24.3 Å². The zero-order valence-corrected chi connectivity index (χ0v) is 12.0. The molecule has 100 valence electrons. The Morgan fingerprint density at radius 1 is 1.11 bits per heavy atom. The van der Waals surface area contributed by atoms with E-state index >= 15 is 0 Å². The lowest BCUT2D eigenvalue weighted by Crippen LogP contribution is -2.11. The van der Waals surface area contributed by atoms with Gasteiger partial charge in [0.1, 0.15) is 5.82 Å². The smallest absolute Gasteiger partial charge is 0.128 e. The van der Waals surface area contributed by atoms with Crippen molar-refractivity contribution in [2.45, 2.75) is 19.9 Å². The van der Waals surface area contributed by atoms with Crippen molar-refractivity contribution in [1.29, 1.82) is 0 Å². The molecule has 1 heterocycles. The van der Waals surface area contributed by atoms with Gasteiger partial charge in [-0.15, -0.1) is 0 Å². The lowest BCUT2D eigenvalue weighted by atomic mass is 10.0. The molecule has 2 rings (SSSR count). The van der Waals surface area contributed by atoms with Gasteiger partial charge in [-0.3, -0.25) is 0 Å². The zero-order valence-electron chi connectivity index (χ0n) is 12.0. The van der Waals surface area contributed by atoms with Crippen molar-refractivity contribution in [3.8, 4) is 0 Å². The highest BCUT2D eigenvalue weighted by molar-refractivity contribution is 5.49.